The van der Waals surface area contributed by atoms with E-state index in [-0.39, 0.29) is 19.2 Å². The zero-order valence-corrected chi connectivity index (χ0v) is 27.1. The van der Waals surface area contributed by atoms with Crippen molar-refractivity contribution in [2.75, 3.05) is 19.8 Å². The minimum absolute atomic E-state index is 0.0670. The smallest absolute Gasteiger partial charge is 0.407 e. The molecule has 0 aliphatic heterocycles. The van der Waals surface area contributed by atoms with Crippen LogP contribution in [0.5, 0.6) is 0 Å². The largest absolute Gasteiger partial charge is 0.461 e. The number of nitrogens with zero attached hydrogens (tertiary/aromatic N) is 1. The lowest BCUT2D eigenvalue weighted by Gasteiger charge is -2.10. The second kappa shape index (κ2) is 28.7. The second-order valence-corrected chi connectivity index (χ2v) is 11.8. The van der Waals surface area contributed by atoms with Crippen molar-refractivity contribution in [3.63, 3.8) is 0 Å². The molecule has 1 aromatic heterocycles. The highest BCUT2D eigenvalue weighted by molar-refractivity contribution is 5.69. The maximum Gasteiger partial charge on any atom is 0.407 e. The van der Waals surface area contributed by atoms with Gasteiger partial charge in [-0.25, -0.2) is 9.36 Å². The third-order valence-electron chi connectivity index (χ3n) is 7.72. The van der Waals surface area contributed by atoms with Gasteiger partial charge in [-0.1, -0.05) is 129 Å². The van der Waals surface area contributed by atoms with E-state index in [0.29, 0.717) is 18.5 Å². The third kappa shape index (κ3) is 25.3. The molecule has 0 unspecified atom stereocenters. The van der Waals surface area contributed by atoms with E-state index in [1.807, 2.05) is 18.2 Å². The molecule has 6 nitrogen and oxygen atoms in total. The predicted octanol–water partition coefficient (Wildman–Crippen LogP) is 9.40. The van der Waals surface area contributed by atoms with E-state index >= 15 is 0 Å². The van der Waals surface area contributed by atoms with Gasteiger partial charge in [0.15, 0.2) is 12.4 Å². The molecule has 0 atom stereocenters. The maximum atomic E-state index is 12.0. The van der Waals surface area contributed by atoms with Crippen molar-refractivity contribution in [2.24, 2.45) is 0 Å². The fourth-order valence-electron chi connectivity index (χ4n) is 5.06. The molecule has 1 N–H and O–H groups in total. The van der Waals surface area contributed by atoms with Gasteiger partial charge in [0.25, 0.3) is 0 Å². The Kier molecular flexibility index (Phi) is 25.8. The van der Waals surface area contributed by atoms with Crippen LogP contribution < -0.4 is 9.88 Å². The predicted molar refractivity (Wildman–Crippen MR) is 173 cm³/mol. The molecule has 0 bridgehead atoms. The van der Waals surface area contributed by atoms with Crippen molar-refractivity contribution < 1.29 is 23.6 Å². The molecular weight excluding hydrogens is 524 g/mol. The summed E-state index contributed by atoms with van der Waals surface area (Å²) in [5.74, 6) is -0.219. The molecule has 0 aliphatic carbocycles. The lowest BCUT2D eigenvalue weighted by Crippen LogP contribution is -2.32. The monoisotopic (exact) mass is 587 g/mol. The topological polar surface area (TPSA) is 68.5 Å². The van der Waals surface area contributed by atoms with Gasteiger partial charge in [-0.2, -0.15) is 0 Å². The Bertz CT molecular complexity index is 784. The van der Waals surface area contributed by atoms with Crippen molar-refractivity contribution in [2.45, 2.75) is 155 Å². The van der Waals surface area contributed by atoms with Crippen LogP contribution in [-0.2, 0) is 20.8 Å². The number of unbranched alkanes of at least 4 members (excludes halogenated alkanes) is 19. The molecular formula is C36H63N2O4+. The second-order valence-electron chi connectivity index (χ2n) is 11.8. The average Bonchev–Trinajstić information content (AvgIpc) is 3.00. The Labute approximate surface area is 258 Å². The number of alkyl carbamates (subject to hydrolysis) is 1. The number of hydrogen-bond donors (Lipinski definition) is 1. The SMILES string of the molecule is C=C(COC(=O)CCCCCCC[n+]1ccccc1)COC(=O)NCCCCCCCCCCCCCCCCCC. The molecule has 0 aliphatic rings. The van der Waals surface area contributed by atoms with Gasteiger partial charge in [0.2, 0.25) is 0 Å². The summed E-state index contributed by atoms with van der Waals surface area (Å²) in [5, 5.41) is 2.80. The highest BCUT2D eigenvalue weighted by atomic mass is 16.6. The van der Waals surface area contributed by atoms with E-state index in [4.69, 9.17) is 9.47 Å². The van der Waals surface area contributed by atoms with E-state index in [1.54, 1.807) is 0 Å². The number of nitrogens with one attached hydrogen (secondary N) is 1. The minimum Gasteiger partial charge on any atom is -0.461 e. The molecule has 0 spiro atoms. The first-order valence-electron chi connectivity index (χ1n) is 17.3. The summed E-state index contributed by atoms with van der Waals surface area (Å²) >= 11 is 0. The van der Waals surface area contributed by atoms with Crippen LogP contribution in [0.15, 0.2) is 42.7 Å². The van der Waals surface area contributed by atoms with Crippen molar-refractivity contribution in [3.8, 4) is 0 Å². The van der Waals surface area contributed by atoms with Gasteiger partial charge >= 0.3 is 12.1 Å². The van der Waals surface area contributed by atoms with E-state index in [1.165, 1.54) is 89.9 Å². The number of hydrogen-bond acceptors (Lipinski definition) is 4. The fourth-order valence-corrected chi connectivity index (χ4v) is 5.06. The first-order chi connectivity index (χ1) is 20.6. The molecule has 1 heterocycles. The molecule has 240 valence electrons. The third-order valence-corrected chi connectivity index (χ3v) is 7.72. The Morgan fingerprint density at radius 2 is 1.10 bits per heavy atom. The van der Waals surface area contributed by atoms with Crippen molar-refractivity contribution >= 4 is 12.1 Å². The zero-order valence-electron chi connectivity index (χ0n) is 27.1. The Balaban J connectivity index is 1.81. The van der Waals surface area contributed by atoms with Crippen LogP contribution in [-0.4, -0.2) is 31.8 Å². The van der Waals surface area contributed by atoms with Gasteiger partial charge in [0.1, 0.15) is 19.8 Å². The highest BCUT2D eigenvalue weighted by Gasteiger charge is 2.07. The molecule has 0 fully saturated rings. The van der Waals surface area contributed by atoms with Crippen molar-refractivity contribution in [1.29, 1.82) is 0 Å². The molecule has 1 amide bonds. The summed E-state index contributed by atoms with van der Waals surface area (Å²) in [6.07, 6.45) is 30.8. The average molecular weight is 588 g/mol. The number of pyridine rings is 1. The van der Waals surface area contributed by atoms with Crippen LogP contribution >= 0.6 is 0 Å². The number of aryl methyl sites for hydroxylation is 1. The summed E-state index contributed by atoms with van der Waals surface area (Å²) in [6, 6.07) is 6.12. The van der Waals surface area contributed by atoms with Gasteiger partial charge in [0.05, 0.1) is 0 Å². The number of rotatable bonds is 29. The first-order valence-corrected chi connectivity index (χ1v) is 17.3. The molecule has 6 heteroatoms. The summed E-state index contributed by atoms with van der Waals surface area (Å²) in [6.45, 7) is 7.95. The normalized spacial score (nSPS) is 10.9. The quantitative estimate of drug-likeness (QED) is 0.0439. The Morgan fingerprint density at radius 3 is 1.67 bits per heavy atom. The fraction of sp³-hybridized carbons (Fsp3) is 0.750. The van der Waals surface area contributed by atoms with E-state index in [2.05, 4.69) is 35.8 Å². The maximum absolute atomic E-state index is 12.0. The molecule has 1 rings (SSSR count). The van der Waals surface area contributed by atoms with Crippen LogP contribution in [0.25, 0.3) is 0 Å². The van der Waals surface area contributed by atoms with Crippen molar-refractivity contribution in [1.82, 2.24) is 5.32 Å². The zero-order chi connectivity index (χ0) is 30.4. The van der Waals surface area contributed by atoms with E-state index in [9.17, 15) is 9.59 Å². The van der Waals surface area contributed by atoms with Crippen LogP contribution in [0, 0.1) is 0 Å². The van der Waals surface area contributed by atoms with Crippen LogP contribution in [0.1, 0.15) is 148 Å². The lowest BCUT2D eigenvalue weighted by molar-refractivity contribution is -0.697. The standard InChI is InChI=1S/C36H62N2O4/c1-3-4-5-6-7-8-9-10-11-12-13-14-15-16-19-23-28-37-36(40)42-33-34(2)32-41-35(39)27-22-18-17-20-24-29-38-30-25-21-26-31-38/h21,25-26,30-31H,2-20,22-24,27-29,32-33H2,1H3/p+1. The van der Waals surface area contributed by atoms with E-state index in [0.717, 1.165) is 51.5 Å². The Hall–Kier alpha value is -2.37. The Morgan fingerprint density at radius 1 is 0.619 bits per heavy atom. The molecule has 1 aromatic rings. The molecule has 0 aromatic carbocycles. The summed E-state index contributed by atoms with van der Waals surface area (Å²) < 4.78 is 12.6. The highest BCUT2D eigenvalue weighted by Crippen LogP contribution is 2.13. The molecule has 42 heavy (non-hydrogen) atoms. The van der Waals surface area contributed by atoms with Gasteiger partial charge in [-0.15, -0.1) is 0 Å². The summed E-state index contributed by atoms with van der Waals surface area (Å²) in [4.78, 5) is 23.8. The number of carbonyl (C=O) groups excluding carboxylic acids is 2. The summed E-state index contributed by atoms with van der Waals surface area (Å²) in [5.41, 5.74) is 0.583. The van der Waals surface area contributed by atoms with Crippen LogP contribution in [0.3, 0.4) is 0 Å². The summed E-state index contributed by atoms with van der Waals surface area (Å²) in [7, 11) is 0. The number of aromatic nitrogens is 1. The van der Waals surface area contributed by atoms with Crippen LogP contribution in [0.4, 0.5) is 4.79 Å². The van der Waals surface area contributed by atoms with Crippen molar-refractivity contribution in [3.05, 3.63) is 42.7 Å². The van der Waals surface area contributed by atoms with Crippen LogP contribution in [0.2, 0.25) is 0 Å². The van der Waals surface area contributed by atoms with Gasteiger partial charge < -0.3 is 14.8 Å². The van der Waals surface area contributed by atoms with E-state index < -0.39 is 6.09 Å². The van der Waals surface area contributed by atoms with Gasteiger partial charge in [-0.3, -0.25) is 4.79 Å². The van der Waals surface area contributed by atoms with Gasteiger partial charge in [-0.05, 0) is 24.8 Å². The molecule has 0 radical (unpaired) electrons. The lowest BCUT2D eigenvalue weighted by atomic mass is 10.0. The molecule has 0 saturated heterocycles. The number of esters is 1. The minimum atomic E-state index is -0.436. The first kappa shape index (κ1) is 37.7. The number of amides is 1. The number of ether oxygens (including phenoxy) is 2. The number of carbonyl (C=O) groups is 2. The van der Waals surface area contributed by atoms with Gasteiger partial charge in [0, 0.05) is 31.5 Å². The molecule has 0 saturated carbocycles.